The van der Waals surface area contributed by atoms with E-state index in [1.807, 2.05) is 6.07 Å². The Kier molecular flexibility index (Phi) is 5.54. The molecule has 1 aliphatic rings. The first-order valence-electron chi connectivity index (χ1n) is 6.92. The normalized spacial score (nSPS) is 18.7. The summed E-state index contributed by atoms with van der Waals surface area (Å²) in [5.41, 5.74) is 1.13. The second-order valence-corrected chi connectivity index (χ2v) is 5.75. The van der Waals surface area contributed by atoms with Gasteiger partial charge in [0.1, 0.15) is 5.75 Å². The molecule has 0 amide bonds. The van der Waals surface area contributed by atoms with E-state index in [4.69, 9.17) is 14.2 Å². The lowest BCUT2D eigenvalue weighted by atomic mass is 9.97. The molecule has 1 aliphatic heterocycles. The molecule has 1 atom stereocenters. The van der Waals surface area contributed by atoms with Gasteiger partial charge in [-0.05, 0) is 41.7 Å². The van der Waals surface area contributed by atoms with Gasteiger partial charge in [0.25, 0.3) is 0 Å². The van der Waals surface area contributed by atoms with Crippen molar-refractivity contribution in [2.45, 2.75) is 31.7 Å². The van der Waals surface area contributed by atoms with Crippen LogP contribution in [0.5, 0.6) is 17.2 Å². The Morgan fingerprint density at radius 3 is 2.45 bits per heavy atom. The predicted molar refractivity (Wildman–Crippen MR) is 83.1 cm³/mol. The Balaban J connectivity index is 2.34. The van der Waals surface area contributed by atoms with Crippen molar-refractivity contribution in [1.82, 2.24) is 5.32 Å². The largest absolute Gasteiger partial charge is 0.496 e. The average molecular weight is 344 g/mol. The Morgan fingerprint density at radius 2 is 1.90 bits per heavy atom. The van der Waals surface area contributed by atoms with Crippen molar-refractivity contribution in [1.29, 1.82) is 0 Å². The van der Waals surface area contributed by atoms with Gasteiger partial charge in [0.15, 0.2) is 11.5 Å². The lowest BCUT2D eigenvalue weighted by Gasteiger charge is -2.25. The molecule has 0 saturated carbocycles. The fourth-order valence-electron chi connectivity index (χ4n) is 2.68. The number of rotatable bonds is 5. The Bertz CT molecular complexity index is 459. The quantitative estimate of drug-likeness (QED) is 0.891. The third-order valence-corrected chi connectivity index (χ3v) is 4.59. The molecular formula is C15H22BrNO3. The molecule has 1 aromatic rings. The minimum absolute atomic E-state index is 0.493. The first kappa shape index (κ1) is 15.4. The van der Waals surface area contributed by atoms with Crippen molar-refractivity contribution >= 4 is 15.9 Å². The summed E-state index contributed by atoms with van der Waals surface area (Å²) in [6.45, 7) is 1.10. The number of halogens is 1. The molecule has 5 heteroatoms. The van der Waals surface area contributed by atoms with Crippen molar-refractivity contribution in [3.05, 3.63) is 16.1 Å². The van der Waals surface area contributed by atoms with Gasteiger partial charge in [-0.15, -0.1) is 0 Å². The van der Waals surface area contributed by atoms with Crippen molar-refractivity contribution in [2.75, 3.05) is 27.9 Å². The Labute approximate surface area is 128 Å². The summed E-state index contributed by atoms with van der Waals surface area (Å²) in [5, 5.41) is 3.56. The fraction of sp³-hybridized carbons (Fsp3) is 0.600. The highest BCUT2D eigenvalue weighted by Crippen LogP contribution is 2.43. The first-order valence-corrected chi connectivity index (χ1v) is 7.71. The van der Waals surface area contributed by atoms with Gasteiger partial charge in [-0.3, -0.25) is 0 Å². The number of methoxy groups -OCH3 is 3. The molecule has 0 aromatic heterocycles. The minimum Gasteiger partial charge on any atom is -0.496 e. The van der Waals surface area contributed by atoms with E-state index >= 15 is 0 Å². The maximum absolute atomic E-state index is 5.52. The zero-order valence-corrected chi connectivity index (χ0v) is 13.9. The van der Waals surface area contributed by atoms with Crippen LogP contribution in [0.2, 0.25) is 0 Å². The molecule has 1 unspecified atom stereocenters. The number of piperidine rings is 1. The molecule has 1 heterocycles. The van der Waals surface area contributed by atoms with Gasteiger partial charge in [-0.1, -0.05) is 6.42 Å². The number of ether oxygens (including phenoxy) is 3. The zero-order chi connectivity index (χ0) is 14.5. The maximum Gasteiger partial charge on any atom is 0.175 e. The van der Waals surface area contributed by atoms with E-state index in [-0.39, 0.29) is 0 Å². The summed E-state index contributed by atoms with van der Waals surface area (Å²) < 4.78 is 17.2. The van der Waals surface area contributed by atoms with Crippen molar-refractivity contribution in [2.24, 2.45) is 0 Å². The number of nitrogens with one attached hydrogen (secondary N) is 1. The highest BCUT2D eigenvalue weighted by atomic mass is 79.9. The van der Waals surface area contributed by atoms with E-state index < -0.39 is 0 Å². The van der Waals surface area contributed by atoms with Crippen LogP contribution in [0.1, 0.15) is 24.8 Å². The molecule has 0 spiro atoms. The van der Waals surface area contributed by atoms with E-state index in [9.17, 15) is 0 Å². The molecule has 112 valence electrons. The van der Waals surface area contributed by atoms with Gasteiger partial charge < -0.3 is 19.5 Å². The SMILES string of the molecule is COc1cc(OC)c(OC)c(Br)c1CC1CCCCN1. The highest BCUT2D eigenvalue weighted by Gasteiger charge is 2.22. The smallest absolute Gasteiger partial charge is 0.175 e. The van der Waals surface area contributed by atoms with E-state index in [2.05, 4.69) is 21.2 Å². The molecule has 0 radical (unpaired) electrons. The van der Waals surface area contributed by atoms with Crippen LogP contribution in [0.25, 0.3) is 0 Å². The Morgan fingerprint density at radius 1 is 1.15 bits per heavy atom. The summed E-state index contributed by atoms with van der Waals surface area (Å²) >= 11 is 3.64. The van der Waals surface area contributed by atoms with Crippen LogP contribution in [0.4, 0.5) is 0 Å². The molecule has 2 rings (SSSR count). The van der Waals surface area contributed by atoms with E-state index in [1.165, 1.54) is 19.3 Å². The summed E-state index contributed by atoms with van der Waals surface area (Å²) in [6.07, 6.45) is 4.67. The third kappa shape index (κ3) is 3.20. The lowest BCUT2D eigenvalue weighted by molar-refractivity contribution is 0.342. The zero-order valence-electron chi connectivity index (χ0n) is 12.3. The summed E-state index contributed by atoms with van der Waals surface area (Å²) in [5.74, 6) is 2.23. The van der Waals surface area contributed by atoms with Crippen LogP contribution < -0.4 is 19.5 Å². The molecule has 4 nitrogen and oxygen atoms in total. The lowest BCUT2D eigenvalue weighted by Crippen LogP contribution is -2.35. The molecule has 1 aromatic carbocycles. The van der Waals surface area contributed by atoms with Gasteiger partial charge in [-0.25, -0.2) is 0 Å². The van der Waals surface area contributed by atoms with Gasteiger partial charge in [0.05, 0.1) is 25.8 Å². The minimum atomic E-state index is 0.493. The van der Waals surface area contributed by atoms with Crippen molar-refractivity contribution in [3.63, 3.8) is 0 Å². The van der Waals surface area contributed by atoms with Crippen LogP contribution in [0, 0.1) is 0 Å². The molecule has 1 saturated heterocycles. The second kappa shape index (κ2) is 7.18. The van der Waals surface area contributed by atoms with Crippen molar-refractivity contribution < 1.29 is 14.2 Å². The van der Waals surface area contributed by atoms with Crippen LogP contribution in [0.15, 0.2) is 10.5 Å². The van der Waals surface area contributed by atoms with Crippen LogP contribution in [0.3, 0.4) is 0 Å². The second-order valence-electron chi connectivity index (χ2n) is 4.96. The van der Waals surface area contributed by atoms with Gasteiger partial charge in [0.2, 0.25) is 0 Å². The molecule has 1 N–H and O–H groups in total. The van der Waals surface area contributed by atoms with E-state index in [0.29, 0.717) is 11.8 Å². The molecule has 20 heavy (non-hydrogen) atoms. The number of hydrogen-bond donors (Lipinski definition) is 1. The number of hydrogen-bond acceptors (Lipinski definition) is 4. The van der Waals surface area contributed by atoms with Crippen LogP contribution in [-0.4, -0.2) is 33.9 Å². The summed E-state index contributed by atoms with van der Waals surface area (Å²) in [4.78, 5) is 0. The average Bonchev–Trinajstić information content (AvgIpc) is 2.49. The summed E-state index contributed by atoms with van der Waals surface area (Å²) in [6, 6.07) is 2.38. The highest BCUT2D eigenvalue weighted by molar-refractivity contribution is 9.10. The van der Waals surface area contributed by atoms with Crippen LogP contribution in [-0.2, 0) is 6.42 Å². The maximum atomic E-state index is 5.52. The molecular weight excluding hydrogens is 322 g/mol. The van der Waals surface area contributed by atoms with Gasteiger partial charge in [-0.2, -0.15) is 0 Å². The van der Waals surface area contributed by atoms with E-state index in [1.54, 1.807) is 21.3 Å². The fourth-order valence-corrected chi connectivity index (χ4v) is 3.40. The molecule has 1 fully saturated rings. The van der Waals surface area contributed by atoms with Crippen molar-refractivity contribution in [3.8, 4) is 17.2 Å². The first-order chi connectivity index (χ1) is 9.71. The van der Waals surface area contributed by atoms with Gasteiger partial charge >= 0.3 is 0 Å². The molecule has 0 aliphatic carbocycles. The predicted octanol–water partition coefficient (Wildman–Crippen LogP) is 3.16. The van der Waals surface area contributed by atoms with E-state index in [0.717, 1.165) is 34.5 Å². The molecule has 0 bridgehead atoms. The van der Waals surface area contributed by atoms with Gasteiger partial charge in [0, 0.05) is 17.7 Å². The standard InChI is InChI=1S/C15H22BrNO3/c1-18-12-9-13(19-2)15(20-3)14(16)11(12)8-10-6-4-5-7-17-10/h9-10,17H,4-8H2,1-3H3. The topological polar surface area (TPSA) is 39.7 Å². The Hall–Kier alpha value is -0.940. The summed E-state index contributed by atoms with van der Waals surface area (Å²) in [7, 11) is 4.97. The third-order valence-electron chi connectivity index (χ3n) is 3.75. The van der Waals surface area contributed by atoms with Crippen LogP contribution >= 0.6 is 15.9 Å². The monoisotopic (exact) mass is 343 g/mol. The number of benzene rings is 1.